The van der Waals surface area contributed by atoms with Gasteiger partial charge in [0.2, 0.25) is 47.3 Å². The minimum absolute atomic E-state index is 0.00195. The van der Waals surface area contributed by atoms with E-state index in [1.165, 1.54) is 12.5 Å². The van der Waals surface area contributed by atoms with E-state index < -0.39 is 83.5 Å². The topological polar surface area (TPSA) is 353 Å². The molecule has 8 amide bonds. The van der Waals surface area contributed by atoms with Gasteiger partial charge in [0.1, 0.15) is 36.3 Å². The quantitative estimate of drug-likeness (QED) is 0.0327. The molecule has 3 aromatic carbocycles. The Labute approximate surface area is 408 Å². The molecule has 0 saturated carbocycles. The molecule has 1 aliphatic heterocycles. The highest BCUT2D eigenvalue weighted by atomic mass is 16.2. The number of hydrogen-bond acceptors (Lipinski definition) is 10. The molecule has 0 spiro atoms. The van der Waals surface area contributed by atoms with Gasteiger partial charge >= 0.3 is 0 Å². The number of nitrogens with two attached hydrogens (primary N) is 2. The van der Waals surface area contributed by atoms with Crippen molar-refractivity contribution in [2.75, 3.05) is 13.1 Å². The maximum Gasteiger partial charge on any atom is 0.243 e. The van der Waals surface area contributed by atoms with E-state index in [-0.39, 0.29) is 76.8 Å². The minimum Gasteiger partial charge on any atom is -0.370 e. The Morgan fingerprint density at radius 1 is 0.746 bits per heavy atom. The van der Waals surface area contributed by atoms with Crippen LogP contribution in [-0.2, 0) is 64.0 Å². The molecule has 0 bridgehead atoms. The second-order valence-corrected chi connectivity index (χ2v) is 17.2. The zero-order valence-corrected chi connectivity index (χ0v) is 38.9. The van der Waals surface area contributed by atoms with Gasteiger partial charge in [-0.3, -0.25) is 43.8 Å². The van der Waals surface area contributed by atoms with Crippen molar-refractivity contribution >= 4 is 64.1 Å². The Bertz CT molecular complexity index is 2640. The van der Waals surface area contributed by atoms with Crippen LogP contribution in [0.1, 0.15) is 54.5 Å². The molecule has 374 valence electrons. The van der Waals surface area contributed by atoms with Crippen molar-refractivity contribution in [1.82, 2.24) is 57.5 Å². The predicted molar refractivity (Wildman–Crippen MR) is 261 cm³/mol. The number of aromatic amines is 2. The zero-order valence-electron chi connectivity index (χ0n) is 38.9. The number of carbonyl (C=O) groups excluding carboxylic acids is 8. The van der Waals surface area contributed by atoms with Gasteiger partial charge in [-0.25, -0.2) is 4.98 Å². The Balaban J connectivity index is 1.32. The van der Waals surface area contributed by atoms with E-state index >= 15 is 0 Å². The monoisotopic (exact) mass is 972 g/mol. The van der Waals surface area contributed by atoms with Crippen LogP contribution in [0.5, 0.6) is 0 Å². The van der Waals surface area contributed by atoms with Crippen molar-refractivity contribution in [1.29, 1.82) is 5.41 Å². The lowest BCUT2D eigenvalue weighted by Gasteiger charge is -2.27. The van der Waals surface area contributed by atoms with E-state index in [0.29, 0.717) is 22.4 Å². The van der Waals surface area contributed by atoms with Gasteiger partial charge < -0.3 is 64.0 Å². The molecule has 22 nitrogen and oxygen atoms in total. The molecule has 5 aromatic rings. The largest absolute Gasteiger partial charge is 0.370 e. The average Bonchev–Trinajstić information content (AvgIpc) is 4.03. The molecular weight excluding hydrogens is 913 g/mol. The van der Waals surface area contributed by atoms with Gasteiger partial charge in [-0.1, -0.05) is 78.9 Å². The molecule has 6 atom stereocenters. The van der Waals surface area contributed by atoms with Crippen LogP contribution in [-0.4, -0.2) is 118 Å². The third-order valence-electron chi connectivity index (χ3n) is 11.8. The van der Waals surface area contributed by atoms with E-state index in [9.17, 15) is 38.4 Å². The summed E-state index contributed by atoms with van der Waals surface area (Å²) < 4.78 is 0. The van der Waals surface area contributed by atoms with Crippen LogP contribution in [0.2, 0.25) is 0 Å². The zero-order chi connectivity index (χ0) is 50.7. The number of para-hydroxylation sites is 1. The van der Waals surface area contributed by atoms with Crippen molar-refractivity contribution in [3.8, 4) is 0 Å². The maximum absolute atomic E-state index is 14.5. The Hall–Kier alpha value is -8.56. The predicted octanol–water partition coefficient (Wildman–Crippen LogP) is -0.881. The summed E-state index contributed by atoms with van der Waals surface area (Å²) in [6.45, 7) is -0.0630. The van der Waals surface area contributed by atoms with E-state index in [0.717, 1.165) is 10.9 Å². The number of rotatable bonds is 16. The van der Waals surface area contributed by atoms with Crippen LogP contribution in [0.4, 0.5) is 0 Å². The lowest BCUT2D eigenvalue weighted by Crippen LogP contribution is -2.60. The van der Waals surface area contributed by atoms with Crippen LogP contribution >= 0.6 is 0 Å². The lowest BCUT2D eigenvalue weighted by atomic mass is 10.0. The first-order valence-corrected chi connectivity index (χ1v) is 23.3. The van der Waals surface area contributed by atoms with Gasteiger partial charge in [-0.15, -0.1) is 0 Å². The number of nitrogens with one attached hydrogen (secondary N) is 11. The van der Waals surface area contributed by atoms with Gasteiger partial charge in [0, 0.05) is 62.1 Å². The number of imidazole rings is 1. The van der Waals surface area contributed by atoms with Crippen molar-refractivity contribution in [3.05, 3.63) is 126 Å². The first-order valence-electron chi connectivity index (χ1n) is 23.3. The number of hydrogen-bond donors (Lipinski definition) is 13. The highest BCUT2D eigenvalue weighted by Gasteiger charge is 2.34. The summed E-state index contributed by atoms with van der Waals surface area (Å²) in [6, 6.07) is 16.9. The van der Waals surface area contributed by atoms with E-state index in [1.807, 2.05) is 24.3 Å². The second kappa shape index (κ2) is 25.7. The van der Waals surface area contributed by atoms with Crippen molar-refractivity contribution in [2.24, 2.45) is 11.5 Å². The van der Waals surface area contributed by atoms with E-state index in [4.69, 9.17) is 16.9 Å². The fraction of sp³-hybridized carbons (Fsp3) is 0.347. The molecule has 1 aliphatic rings. The number of amides is 8. The Morgan fingerprint density at radius 3 is 2.08 bits per heavy atom. The standard InChI is InChI=1S/C49H60N14O8/c50-43(66)38(24-31-26-56-34-15-8-7-14-33(31)34)61-46(69)37-19-21-54-41(64)18-17-36(58-42(65)23-30-12-5-2-6-13-30)45(68)63-40(25-32-27-53-28-57-32)48(71)62-39(22-29-10-3-1-4-11-29)47(70)59-35(44(67)60-37)16-9-20-55-49(51)52/h1-8,10-15,26-28,35-40,56H,9,16-25H2,(H2,50,66)(H,53,57)(H,54,64)(H,58,65)(H,59,70)(H,60,67)(H,61,69)(H,62,71)(H,63,68)(H4,51,52,55)/t35-,36-,37-,38-,39+,40-/m0/s1. The highest BCUT2D eigenvalue weighted by Crippen LogP contribution is 2.19. The van der Waals surface area contributed by atoms with Crippen molar-refractivity contribution in [2.45, 2.75) is 94.0 Å². The van der Waals surface area contributed by atoms with Gasteiger partial charge in [0.15, 0.2) is 5.96 Å². The summed E-state index contributed by atoms with van der Waals surface area (Å²) in [6.07, 6.45) is 3.72. The summed E-state index contributed by atoms with van der Waals surface area (Å²) >= 11 is 0. The number of fused-ring (bicyclic) bond motifs is 1. The third kappa shape index (κ3) is 16.0. The summed E-state index contributed by atoms with van der Waals surface area (Å²) in [5, 5.41) is 30.0. The van der Waals surface area contributed by atoms with Crippen LogP contribution < -0.4 is 54.0 Å². The van der Waals surface area contributed by atoms with Crippen molar-refractivity contribution in [3.63, 3.8) is 0 Å². The van der Waals surface area contributed by atoms with Crippen LogP contribution in [0.15, 0.2) is 104 Å². The molecular formula is C49H60N14O8. The second-order valence-electron chi connectivity index (χ2n) is 17.2. The number of benzene rings is 3. The normalized spacial score (nSPS) is 20.0. The molecule has 6 rings (SSSR count). The number of nitrogens with zero attached hydrogens (tertiary/aromatic N) is 1. The van der Waals surface area contributed by atoms with Gasteiger partial charge in [0.25, 0.3) is 0 Å². The summed E-state index contributed by atoms with van der Waals surface area (Å²) in [5.41, 5.74) is 14.5. The molecule has 3 heterocycles. The molecule has 2 aromatic heterocycles. The molecule has 15 N–H and O–H groups in total. The van der Waals surface area contributed by atoms with Crippen LogP contribution in [0, 0.1) is 5.41 Å². The molecule has 1 saturated heterocycles. The molecule has 0 radical (unpaired) electrons. The number of H-pyrrole nitrogens is 2. The van der Waals surface area contributed by atoms with Crippen molar-refractivity contribution < 1.29 is 38.4 Å². The highest BCUT2D eigenvalue weighted by molar-refractivity contribution is 5.97. The van der Waals surface area contributed by atoms with E-state index in [1.54, 1.807) is 66.9 Å². The first kappa shape index (κ1) is 51.8. The molecule has 71 heavy (non-hydrogen) atoms. The molecule has 0 aliphatic carbocycles. The van der Waals surface area contributed by atoms with Gasteiger partial charge in [-0.05, 0) is 48.4 Å². The fourth-order valence-electron chi connectivity index (χ4n) is 8.07. The number of guanidine groups is 1. The van der Waals surface area contributed by atoms with Crippen LogP contribution in [0.25, 0.3) is 10.9 Å². The Morgan fingerprint density at radius 2 is 1.39 bits per heavy atom. The number of carbonyl (C=O) groups is 8. The number of primary amides is 1. The lowest BCUT2D eigenvalue weighted by molar-refractivity contribution is -0.135. The number of aromatic nitrogens is 3. The van der Waals surface area contributed by atoms with E-state index in [2.05, 4.69) is 57.5 Å². The van der Waals surface area contributed by atoms with Gasteiger partial charge in [-0.2, -0.15) is 0 Å². The SMILES string of the molecule is N=C(N)NCCC[C@@H]1NC(=O)[C@@H](Cc2ccccc2)NC(=O)[C@H](Cc2c[nH]cn2)NC(=O)[C@@H](NC(=O)Cc2ccccc2)CCC(=O)NCC[C@@H](C(=O)N[C@@H](Cc2c[nH]c3ccccc23)C(N)=O)NC1=O. The molecule has 1 fully saturated rings. The summed E-state index contributed by atoms with van der Waals surface area (Å²) in [7, 11) is 0. The maximum atomic E-state index is 14.5. The fourth-order valence-corrected chi connectivity index (χ4v) is 8.07. The molecule has 0 unspecified atom stereocenters. The summed E-state index contributed by atoms with van der Waals surface area (Å²) in [5.74, 6) is -6.31. The smallest absolute Gasteiger partial charge is 0.243 e. The van der Waals surface area contributed by atoms with Crippen LogP contribution in [0.3, 0.4) is 0 Å². The third-order valence-corrected chi connectivity index (χ3v) is 11.8. The minimum atomic E-state index is -1.41. The summed E-state index contributed by atoms with van der Waals surface area (Å²) in [4.78, 5) is 122. The Kier molecular flexibility index (Phi) is 18.8. The first-order chi connectivity index (χ1) is 34.2. The average molecular weight is 973 g/mol. The van der Waals surface area contributed by atoms with Gasteiger partial charge in [0.05, 0.1) is 18.4 Å². The molecule has 22 heteroatoms.